The van der Waals surface area contributed by atoms with Crippen LogP contribution in [0.25, 0.3) is 5.57 Å². The number of phenols is 8. The number of aromatic hydroxyl groups is 8. The fourth-order valence-corrected chi connectivity index (χ4v) is 11.7. The number of ether oxygens (including phenoxy) is 2. The predicted octanol–water partition coefficient (Wildman–Crippen LogP) is 10.2. The van der Waals surface area contributed by atoms with Gasteiger partial charge in [-0.05, 0) is 123 Å². The molecule has 0 amide bonds. The quantitative estimate of drug-likeness (QED) is 0.0788. The van der Waals surface area contributed by atoms with Crippen LogP contribution >= 0.6 is 0 Å². The molecule has 68 heavy (non-hydrogen) atoms. The summed E-state index contributed by atoms with van der Waals surface area (Å²) < 4.78 is 13.7. The second kappa shape index (κ2) is 14.9. The number of hydrogen-bond donors (Lipinski definition) is 9. The summed E-state index contributed by atoms with van der Waals surface area (Å²) in [5.41, 5.74) is 6.62. The molecule has 5 aliphatic rings. The molecule has 9 N–H and O–H groups in total. The minimum Gasteiger partial charge on any atom is -0.508 e. The van der Waals surface area contributed by atoms with Crippen molar-refractivity contribution in [2.75, 3.05) is 0 Å². The topological polar surface area (TPSA) is 218 Å². The molecule has 3 aliphatic carbocycles. The number of aliphatic hydroxyl groups is 1. The van der Waals surface area contributed by atoms with Crippen molar-refractivity contribution in [1.29, 1.82) is 0 Å². The van der Waals surface area contributed by atoms with Gasteiger partial charge in [-0.25, -0.2) is 0 Å². The average Bonchev–Trinajstić information content (AvgIpc) is 3.81. The molecule has 2 heterocycles. The van der Waals surface area contributed by atoms with E-state index >= 15 is 0 Å². The average molecular weight is 905 g/mol. The summed E-state index contributed by atoms with van der Waals surface area (Å²) in [6.07, 6.45) is 0.934. The first-order valence-corrected chi connectivity index (χ1v) is 22.0. The van der Waals surface area contributed by atoms with Gasteiger partial charge in [-0.3, -0.25) is 4.79 Å². The van der Waals surface area contributed by atoms with E-state index in [1.165, 1.54) is 72.8 Å². The van der Waals surface area contributed by atoms with Gasteiger partial charge in [0.15, 0.2) is 5.78 Å². The van der Waals surface area contributed by atoms with Gasteiger partial charge in [-0.15, -0.1) is 0 Å². The van der Waals surface area contributed by atoms with Crippen molar-refractivity contribution in [1.82, 2.24) is 0 Å². The molecule has 0 aromatic heterocycles. The number of rotatable bonds is 5. The second-order valence-electron chi connectivity index (χ2n) is 18.0. The highest BCUT2D eigenvalue weighted by Crippen LogP contribution is 2.68. The number of aliphatic hydroxyl groups excluding tert-OH is 1. The number of benzene rings is 7. The maximum absolute atomic E-state index is 13.8. The first-order chi connectivity index (χ1) is 32.8. The Morgan fingerprint density at radius 2 is 0.853 bits per heavy atom. The normalized spacial score (nSPS) is 22.9. The standard InChI is InChI=1S/C56H40O12/c57-29-9-1-25(2-10-29)45-47-37(17-33(61)21-41(47)65)53-49-39(19-35(63)23-43(49)67-55(53)27-5-13-31(59)14-6-27)51(45)52-40-20-36(64)24-44-50(40)54(56(68-44)28-7-15-32(60)16-8-28)38-18-34(62)22-42(66)48(38)46(52)26-3-11-30(58)12-4-26/h1-24,45,51-61,63-66H/t45-,51-,52+,53?,54?,55+,56+/m1/s1. The molecule has 0 bridgehead atoms. The summed E-state index contributed by atoms with van der Waals surface area (Å²) in [6, 6.07) is 35.1. The number of carbonyl (C=O) groups is 1. The minimum absolute atomic E-state index is 0.0189. The van der Waals surface area contributed by atoms with E-state index in [9.17, 15) is 50.8 Å². The molecule has 0 radical (unpaired) electrons. The van der Waals surface area contributed by atoms with Crippen molar-refractivity contribution in [2.45, 2.75) is 41.8 Å². The number of ketones is 1. The molecule has 12 rings (SSSR count). The van der Waals surface area contributed by atoms with Crippen molar-refractivity contribution in [2.24, 2.45) is 0 Å². The van der Waals surface area contributed by atoms with Gasteiger partial charge < -0.3 is 55.4 Å². The summed E-state index contributed by atoms with van der Waals surface area (Å²) in [4.78, 5) is 13.8. The lowest BCUT2D eigenvalue weighted by Gasteiger charge is -2.38. The van der Waals surface area contributed by atoms with E-state index in [4.69, 9.17) is 9.47 Å². The third-order valence-corrected chi connectivity index (χ3v) is 14.2. The van der Waals surface area contributed by atoms with Crippen LogP contribution in [0.3, 0.4) is 0 Å². The highest BCUT2D eigenvalue weighted by atomic mass is 16.5. The smallest absolute Gasteiger partial charge is 0.182 e. The van der Waals surface area contributed by atoms with Crippen LogP contribution in [0.15, 0.2) is 163 Å². The SMILES string of the molecule is O=C1C=C(O)C2=C(c3ccc(O)cc3)[C@@H]([C@@H]3c4cc(O)cc5c4C(c4cc(O)cc(O)c4[C@H]3c3ccc(O)cc3)[C@H](c3ccc(O)cc3)O5)c3cc(O)cc4c3C(C2=C1)[C@H](c1ccc(O)cc1)O4. The molecule has 7 atom stereocenters. The van der Waals surface area contributed by atoms with E-state index < -0.39 is 47.6 Å². The van der Waals surface area contributed by atoms with Crippen LogP contribution in [-0.4, -0.2) is 51.7 Å². The largest absolute Gasteiger partial charge is 0.508 e. The Hall–Kier alpha value is -8.77. The summed E-state index contributed by atoms with van der Waals surface area (Å²) >= 11 is 0. The van der Waals surface area contributed by atoms with Gasteiger partial charge in [-0.1, -0.05) is 48.5 Å². The summed E-state index contributed by atoms with van der Waals surface area (Å²) in [5.74, 6) is -5.60. The lowest BCUT2D eigenvalue weighted by atomic mass is 9.64. The highest BCUT2D eigenvalue weighted by Gasteiger charge is 2.54. The van der Waals surface area contributed by atoms with Crippen LogP contribution in [0.4, 0.5) is 0 Å². The third kappa shape index (κ3) is 6.17. The van der Waals surface area contributed by atoms with Gasteiger partial charge in [0.05, 0.1) is 11.8 Å². The van der Waals surface area contributed by atoms with Crippen LogP contribution in [-0.2, 0) is 4.79 Å². The minimum atomic E-state index is -1.02. The van der Waals surface area contributed by atoms with Crippen molar-refractivity contribution >= 4 is 11.4 Å². The maximum Gasteiger partial charge on any atom is 0.182 e. The lowest BCUT2D eigenvalue weighted by molar-refractivity contribution is -0.110. The fraction of sp³-hybridized carbons (Fsp3) is 0.125. The first kappa shape index (κ1) is 40.7. The Labute approximate surface area is 387 Å². The zero-order valence-electron chi connectivity index (χ0n) is 35.6. The molecule has 0 saturated heterocycles. The van der Waals surface area contributed by atoms with E-state index in [2.05, 4.69) is 0 Å². The molecule has 336 valence electrons. The van der Waals surface area contributed by atoms with Gasteiger partial charge in [-0.2, -0.15) is 0 Å². The number of allylic oxidation sites excluding steroid dienone is 4. The molecule has 7 aromatic carbocycles. The Kier molecular flexibility index (Phi) is 8.91. The Bertz CT molecular complexity index is 3370. The number of fused-ring (bicyclic) bond motifs is 4. The predicted molar refractivity (Wildman–Crippen MR) is 248 cm³/mol. The Morgan fingerprint density at radius 1 is 0.397 bits per heavy atom. The van der Waals surface area contributed by atoms with E-state index in [0.29, 0.717) is 78.3 Å². The monoisotopic (exact) mass is 904 g/mol. The fourth-order valence-electron chi connectivity index (χ4n) is 11.7. The molecule has 12 nitrogen and oxygen atoms in total. The highest BCUT2D eigenvalue weighted by molar-refractivity contribution is 6.05. The third-order valence-electron chi connectivity index (χ3n) is 14.2. The van der Waals surface area contributed by atoms with Gasteiger partial charge in [0, 0.05) is 64.3 Å². The molecule has 7 aromatic rings. The van der Waals surface area contributed by atoms with E-state index in [-0.39, 0.29) is 57.3 Å². The number of phenolic OH excluding ortho intramolecular Hbond substituents is 8. The van der Waals surface area contributed by atoms with Crippen molar-refractivity contribution < 1.29 is 60.2 Å². The van der Waals surface area contributed by atoms with E-state index in [1.807, 2.05) is 0 Å². The van der Waals surface area contributed by atoms with Crippen molar-refractivity contribution in [3.63, 3.8) is 0 Å². The van der Waals surface area contributed by atoms with Gasteiger partial charge in [0.25, 0.3) is 0 Å². The molecule has 12 heteroatoms. The second-order valence-corrected chi connectivity index (χ2v) is 18.0. The van der Waals surface area contributed by atoms with Crippen LogP contribution in [0.5, 0.6) is 57.5 Å². The molecule has 0 fully saturated rings. The van der Waals surface area contributed by atoms with Crippen molar-refractivity contribution in [3.8, 4) is 57.5 Å². The first-order valence-electron chi connectivity index (χ1n) is 22.0. The van der Waals surface area contributed by atoms with Gasteiger partial charge in [0.2, 0.25) is 0 Å². The maximum atomic E-state index is 13.8. The van der Waals surface area contributed by atoms with E-state index in [1.54, 1.807) is 66.7 Å². The number of hydrogen-bond acceptors (Lipinski definition) is 12. The van der Waals surface area contributed by atoms with Gasteiger partial charge in [0.1, 0.15) is 75.5 Å². The molecule has 2 unspecified atom stereocenters. The van der Waals surface area contributed by atoms with Gasteiger partial charge >= 0.3 is 0 Å². The van der Waals surface area contributed by atoms with Crippen molar-refractivity contribution in [3.05, 3.63) is 218 Å². The Balaban J connectivity index is 1.26. The summed E-state index contributed by atoms with van der Waals surface area (Å²) in [6.45, 7) is 0. The lowest BCUT2D eigenvalue weighted by Crippen LogP contribution is -2.23. The number of carbonyl (C=O) groups excluding carboxylic acids is 1. The molecule has 0 spiro atoms. The zero-order valence-corrected chi connectivity index (χ0v) is 35.6. The Morgan fingerprint density at radius 3 is 1.41 bits per heavy atom. The molecule has 0 saturated carbocycles. The van der Waals surface area contributed by atoms with Crippen LogP contribution in [0.1, 0.15) is 97.4 Å². The van der Waals surface area contributed by atoms with Crippen LogP contribution in [0.2, 0.25) is 0 Å². The zero-order chi connectivity index (χ0) is 46.9. The van der Waals surface area contributed by atoms with Crippen LogP contribution in [0, 0.1) is 0 Å². The summed E-state index contributed by atoms with van der Waals surface area (Å²) in [7, 11) is 0. The molecular weight excluding hydrogens is 865 g/mol. The summed E-state index contributed by atoms with van der Waals surface area (Å²) in [5, 5.41) is 103. The molecule has 2 aliphatic heterocycles. The van der Waals surface area contributed by atoms with Crippen LogP contribution < -0.4 is 9.47 Å². The molecular formula is C56H40O12. The van der Waals surface area contributed by atoms with E-state index in [0.717, 1.165) is 6.08 Å².